The van der Waals surface area contributed by atoms with Crippen molar-refractivity contribution in [1.82, 2.24) is 5.32 Å². The molecule has 2 fully saturated rings. The molecule has 2 aliphatic rings. The van der Waals surface area contributed by atoms with E-state index in [1.54, 1.807) is 0 Å². The Morgan fingerprint density at radius 3 is 2.76 bits per heavy atom. The summed E-state index contributed by atoms with van der Waals surface area (Å²) in [6.45, 7) is 2.38. The quantitative estimate of drug-likeness (QED) is 0.871. The summed E-state index contributed by atoms with van der Waals surface area (Å²) in [5.41, 5.74) is 1.52. The fourth-order valence-corrected chi connectivity index (χ4v) is 3.83. The molecule has 1 saturated heterocycles. The molecular formula is C15H20BrN. The number of rotatable bonds is 2. The minimum Gasteiger partial charge on any atom is -0.316 e. The molecule has 2 heteroatoms. The van der Waals surface area contributed by atoms with Gasteiger partial charge in [-0.05, 0) is 48.4 Å². The zero-order valence-corrected chi connectivity index (χ0v) is 11.7. The second-order valence-corrected chi connectivity index (χ2v) is 6.42. The Kier molecular flexibility index (Phi) is 3.53. The fourth-order valence-electron chi connectivity index (χ4n) is 3.41. The molecule has 92 valence electrons. The van der Waals surface area contributed by atoms with E-state index in [1.165, 1.54) is 42.3 Å². The van der Waals surface area contributed by atoms with E-state index in [4.69, 9.17) is 0 Å². The standard InChI is InChI=1S/C15H20BrN/c16-13-6-2-5-12(9-13)15-10-17-8-7-14(15)11-3-1-4-11/h2,5-6,9,11,14-15,17H,1,3-4,7-8,10H2. The Bertz CT molecular complexity index is 386. The molecule has 0 amide bonds. The topological polar surface area (TPSA) is 12.0 Å². The van der Waals surface area contributed by atoms with Crippen LogP contribution in [0.25, 0.3) is 0 Å². The zero-order chi connectivity index (χ0) is 11.7. The number of nitrogens with one attached hydrogen (secondary N) is 1. The predicted octanol–water partition coefficient (Wildman–Crippen LogP) is 3.94. The summed E-state index contributed by atoms with van der Waals surface area (Å²) >= 11 is 3.60. The van der Waals surface area contributed by atoms with E-state index in [9.17, 15) is 0 Å². The molecule has 1 aromatic rings. The average molecular weight is 294 g/mol. The van der Waals surface area contributed by atoms with Crippen LogP contribution >= 0.6 is 15.9 Å². The highest BCUT2D eigenvalue weighted by molar-refractivity contribution is 9.10. The maximum absolute atomic E-state index is 3.60. The first kappa shape index (κ1) is 11.7. The molecule has 1 heterocycles. The van der Waals surface area contributed by atoms with Crippen molar-refractivity contribution in [3.05, 3.63) is 34.3 Å². The van der Waals surface area contributed by atoms with Gasteiger partial charge in [0.25, 0.3) is 0 Å². The van der Waals surface area contributed by atoms with Gasteiger partial charge < -0.3 is 5.32 Å². The van der Waals surface area contributed by atoms with Gasteiger partial charge in [-0.3, -0.25) is 0 Å². The molecule has 1 aliphatic carbocycles. The van der Waals surface area contributed by atoms with Crippen LogP contribution in [0.4, 0.5) is 0 Å². The molecule has 1 N–H and O–H groups in total. The van der Waals surface area contributed by atoms with Crippen molar-refractivity contribution >= 4 is 15.9 Å². The number of hydrogen-bond donors (Lipinski definition) is 1. The number of hydrogen-bond acceptors (Lipinski definition) is 1. The average Bonchev–Trinajstić information content (AvgIpc) is 2.27. The van der Waals surface area contributed by atoms with Crippen LogP contribution in [-0.4, -0.2) is 13.1 Å². The number of benzene rings is 1. The molecule has 1 nitrogen and oxygen atoms in total. The highest BCUT2D eigenvalue weighted by Crippen LogP contribution is 2.43. The number of piperidine rings is 1. The molecular weight excluding hydrogens is 274 g/mol. The third-order valence-electron chi connectivity index (χ3n) is 4.57. The Hall–Kier alpha value is -0.340. The monoisotopic (exact) mass is 293 g/mol. The third kappa shape index (κ3) is 2.43. The van der Waals surface area contributed by atoms with Crippen molar-refractivity contribution in [3.63, 3.8) is 0 Å². The highest BCUT2D eigenvalue weighted by atomic mass is 79.9. The molecule has 0 aromatic heterocycles. The largest absolute Gasteiger partial charge is 0.316 e. The van der Waals surface area contributed by atoms with Crippen molar-refractivity contribution in [2.24, 2.45) is 11.8 Å². The van der Waals surface area contributed by atoms with Crippen molar-refractivity contribution in [2.75, 3.05) is 13.1 Å². The summed E-state index contributed by atoms with van der Waals surface area (Å²) in [4.78, 5) is 0. The van der Waals surface area contributed by atoms with Gasteiger partial charge in [-0.1, -0.05) is 47.3 Å². The first-order chi connectivity index (χ1) is 8.34. The lowest BCUT2D eigenvalue weighted by Gasteiger charge is -2.42. The maximum atomic E-state index is 3.60. The van der Waals surface area contributed by atoms with Crippen molar-refractivity contribution in [3.8, 4) is 0 Å². The molecule has 2 unspecified atom stereocenters. The Balaban J connectivity index is 1.82. The van der Waals surface area contributed by atoms with E-state index in [0.29, 0.717) is 0 Å². The summed E-state index contributed by atoms with van der Waals surface area (Å²) < 4.78 is 1.22. The van der Waals surface area contributed by atoms with Crippen LogP contribution in [0.5, 0.6) is 0 Å². The second kappa shape index (κ2) is 5.11. The maximum Gasteiger partial charge on any atom is 0.0178 e. The third-order valence-corrected chi connectivity index (χ3v) is 5.06. The number of halogens is 1. The van der Waals surface area contributed by atoms with Gasteiger partial charge in [0.2, 0.25) is 0 Å². The summed E-state index contributed by atoms with van der Waals surface area (Å²) in [7, 11) is 0. The van der Waals surface area contributed by atoms with E-state index >= 15 is 0 Å². The minimum atomic E-state index is 0.728. The molecule has 2 atom stereocenters. The zero-order valence-electron chi connectivity index (χ0n) is 10.2. The van der Waals surface area contributed by atoms with Crippen LogP contribution < -0.4 is 5.32 Å². The molecule has 0 radical (unpaired) electrons. The van der Waals surface area contributed by atoms with Crippen LogP contribution in [0.2, 0.25) is 0 Å². The van der Waals surface area contributed by atoms with Gasteiger partial charge >= 0.3 is 0 Å². The first-order valence-corrected chi connectivity index (χ1v) is 7.60. The summed E-state index contributed by atoms with van der Waals surface area (Å²) in [5, 5.41) is 3.57. The second-order valence-electron chi connectivity index (χ2n) is 5.51. The lowest BCUT2D eigenvalue weighted by atomic mass is 9.66. The van der Waals surface area contributed by atoms with Crippen molar-refractivity contribution < 1.29 is 0 Å². The van der Waals surface area contributed by atoms with Gasteiger partial charge in [-0.2, -0.15) is 0 Å². The fraction of sp³-hybridized carbons (Fsp3) is 0.600. The molecule has 0 bridgehead atoms. The lowest BCUT2D eigenvalue weighted by molar-refractivity contribution is 0.146. The van der Waals surface area contributed by atoms with E-state index < -0.39 is 0 Å². The smallest absolute Gasteiger partial charge is 0.0178 e. The van der Waals surface area contributed by atoms with E-state index in [0.717, 1.165) is 24.3 Å². The normalized spacial score (nSPS) is 29.9. The van der Waals surface area contributed by atoms with Gasteiger partial charge in [-0.25, -0.2) is 0 Å². The molecule has 1 aromatic carbocycles. The molecule has 1 saturated carbocycles. The van der Waals surface area contributed by atoms with Crippen LogP contribution in [0.3, 0.4) is 0 Å². The Morgan fingerprint density at radius 1 is 1.18 bits per heavy atom. The SMILES string of the molecule is Brc1cccc(C2CNCCC2C2CCC2)c1. The van der Waals surface area contributed by atoms with Gasteiger partial charge in [0.15, 0.2) is 0 Å². The summed E-state index contributed by atoms with van der Waals surface area (Å²) in [5.74, 6) is 2.65. The summed E-state index contributed by atoms with van der Waals surface area (Å²) in [6, 6.07) is 8.90. The predicted molar refractivity (Wildman–Crippen MR) is 75.2 cm³/mol. The van der Waals surface area contributed by atoms with Gasteiger partial charge in [0.05, 0.1) is 0 Å². The van der Waals surface area contributed by atoms with E-state index in [1.807, 2.05) is 0 Å². The highest BCUT2D eigenvalue weighted by Gasteiger charge is 2.35. The molecule has 0 spiro atoms. The summed E-state index contributed by atoms with van der Waals surface area (Å²) in [6.07, 6.45) is 5.76. The van der Waals surface area contributed by atoms with Crippen LogP contribution in [0.1, 0.15) is 37.2 Å². The molecule has 1 aliphatic heterocycles. The minimum absolute atomic E-state index is 0.728. The molecule has 17 heavy (non-hydrogen) atoms. The molecule has 3 rings (SSSR count). The van der Waals surface area contributed by atoms with E-state index in [-0.39, 0.29) is 0 Å². The van der Waals surface area contributed by atoms with E-state index in [2.05, 4.69) is 45.5 Å². The Morgan fingerprint density at radius 2 is 2.06 bits per heavy atom. The Labute approximate surface area is 112 Å². The van der Waals surface area contributed by atoms with Gasteiger partial charge in [-0.15, -0.1) is 0 Å². The van der Waals surface area contributed by atoms with Gasteiger partial charge in [0, 0.05) is 11.0 Å². The first-order valence-electron chi connectivity index (χ1n) is 6.81. The van der Waals surface area contributed by atoms with Crippen LogP contribution in [0, 0.1) is 11.8 Å². The van der Waals surface area contributed by atoms with Gasteiger partial charge in [0.1, 0.15) is 0 Å². The van der Waals surface area contributed by atoms with Crippen LogP contribution in [-0.2, 0) is 0 Å². The van der Waals surface area contributed by atoms with Crippen LogP contribution in [0.15, 0.2) is 28.7 Å². The lowest BCUT2D eigenvalue weighted by Crippen LogP contribution is -2.40. The van der Waals surface area contributed by atoms with Crippen molar-refractivity contribution in [2.45, 2.75) is 31.6 Å². The van der Waals surface area contributed by atoms with Crippen molar-refractivity contribution in [1.29, 1.82) is 0 Å².